The first kappa shape index (κ1) is 20.3. The number of hydrogen-bond donors (Lipinski definition) is 2. The molecule has 0 atom stereocenters. The maximum absolute atomic E-state index is 10.00. The molecule has 0 aliphatic carbocycles. The van der Waals surface area contributed by atoms with Crippen molar-refractivity contribution in [3.63, 3.8) is 0 Å². The van der Waals surface area contributed by atoms with E-state index in [2.05, 4.69) is 10.1 Å². The molecule has 0 unspecified atom stereocenters. The van der Waals surface area contributed by atoms with Gasteiger partial charge in [0.15, 0.2) is 11.5 Å². The Morgan fingerprint density at radius 2 is 1.69 bits per heavy atom. The van der Waals surface area contributed by atoms with Gasteiger partial charge < -0.3 is 24.4 Å². The fraction of sp³-hybridized carbons (Fsp3) is 0.200. The van der Waals surface area contributed by atoms with E-state index in [4.69, 9.17) is 14.2 Å². The van der Waals surface area contributed by atoms with Gasteiger partial charge in [-0.1, -0.05) is 0 Å². The third-order valence-corrected chi connectivity index (χ3v) is 5.07. The highest BCUT2D eigenvalue weighted by atomic mass is 32.1. The average molecular weight is 415 g/mol. The first-order chi connectivity index (χ1) is 14.0. The number of hydrogen-bond acceptors (Lipinski definition) is 8. The molecule has 2 aromatic carbocycles. The normalized spacial score (nSPS) is 11.8. The van der Waals surface area contributed by atoms with Crippen molar-refractivity contribution in [3.8, 4) is 40.0 Å². The maximum Gasteiger partial charge on any atom is 0.205 e. The molecular formula is C20H21N3O5S. The molecule has 0 aliphatic heterocycles. The van der Waals surface area contributed by atoms with Crippen molar-refractivity contribution >= 4 is 17.6 Å². The van der Waals surface area contributed by atoms with Crippen molar-refractivity contribution in [2.75, 3.05) is 28.4 Å². The summed E-state index contributed by atoms with van der Waals surface area (Å²) in [5, 5.41) is 25.8. The topological polar surface area (TPSA) is 97.8 Å². The highest BCUT2D eigenvalue weighted by Gasteiger charge is 2.17. The monoisotopic (exact) mass is 415 g/mol. The Bertz CT molecular complexity index is 1090. The Kier molecular flexibility index (Phi) is 6.08. The lowest BCUT2D eigenvalue weighted by atomic mass is 10.1. The van der Waals surface area contributed by atoms with Crippen LogP contribution in [0.4, 0.5) is 0 Å². The van der Waals surface area contributed by atoms with Crippen LogP contribution in [0.2, 0.25) is 0 Å². The van der Waals surface area contributed by atoms with E-state index >= 15 is 0 Å². The highest BCUT2D eigenvalue weighted by Crippen LogP contribution is 2.41. The average Bonchev–Trinajstić information content (AvgIpc) is 3.14. The molecule has 0 spiro atoms. The molecule has 0 bridgehead atoms. The fourth-order valence-electron chi connectivity index (χ4n) is 2.75. The minimum Gasteiger partial charge on any atom is -0.508 e. The van der Waals surface area contributed by atoms with Crippen molar-refractivity contribution in [2.45, 2.75) is 0 Å². The van der Waals surface area contributed by atoms with E-state index < -0.39 is 0 Å². The molecule has 2 N–H and O–H groups in total. The van der Waals surface area contributed by atoms with Crippen LogP contribution >= 0.6 is 11.3 Å². The summed E-state index contributed by atoms with van der Waals surface area (Å²) in [7, 11) is 6.34. The van der Waals surface area contributed by atoms with Gasteiger partial charge >= 0.3 is 0 Å². The van der Waals surface area contributed by atoms with E-state index in [1.165, 1.54) is 29.7 Å². The number of phenols is 2. The second kappa shape index (κ2) is 8.70. The van der Waals surface area contributed by atoms with Gasteiger partial charge in [-0.05, 0) is 24.3 Å². The van der Waals surface area contributed by atoms with Crippen molar-refractivity contribution in [1.29, 1.82) is 0 Å². The Hall–Kier alpha value is -3.46. The van der Waals surface area contributed by atoms with E-state index in [-0.39, 0.29) is 11.5 Å². The van der Waals surface area contributed by atoms with Crippen LogP contribution in [-0.4, -0.2) is 49.5 Å². The van der Waals surface area contributed by atoms with Crippen molar-refractivity contribution in [1.82, 2.24) is 4.68 Å². The van der Waals surface area contributed by atoms with Crippen LogP contribution in [0.25, 0.3) is 11.3 Å². The number of ether oxygens (including phenoxy) is 3. The quantitative estimate of drug-likeness (QED) is 0.603. The second-order valence-electron chi connectivity index (χ2n) is 5.84. The molecule has 1 heterocycles. The zero-order chi connectivity index (χ0) is 21.0. The SMILES string of the molecule is CN=c1scc(-c2cc(OC)c(OC)c(OC)c2)n1N=Cc1ccc(O)cc1O. The van der Waals surface area contributed by atoms with Crippen LogP contribution in [0.1, 0.15) is 5.56 Å². The van der Waals surface area contributed by atoms with Crippen LogP contribution in [0.5, 0.6) is 28.7 Å². The van der Waals surface area contributed by atoms with Crippen molar-refractivity contribution < 1.29 is 24.4 Å². The molecule has 3 rings (SSSR count). The molecular weight excluding hydrogens is 394 g/mol. The molecule has 0 saturated heterocycles. The number of phenolic OH excluding ortho intramolecular Hbond substituents is 2. The van der Waals surface area contributed by atoms with Crippen molar-refractivity contribution in [2.24, 2.45) is 10.1 Å². The summed E-state index contributed by atoms with van der Waals surface area (Å²) in [5.74, 6) is 1.45. The van der Waals surface area contributed by atoms with Gasteiger partial charge in [-0.2, -0.15) is 5.10 Å². The summed E-state index contributed by atoms with van der Waals surface area (Å²) in [6.45, 7) is 0. The standard InChI is InChI=1S/C20H21N3O5S/c1-21-20-23(22-10-12-5-6-14(24)9-16(12)25)15(11-29-20)13-7-17(26-2)19(28-4)18(8-13)27-3/h5-11,24-25H,1-4H3. The summed E-state index contributed by atoms with van der Waals surface area (Å²) in [6, 6.07) is 7.96. The predicted molar refractivity (Wildman–Crippen MR) is 112 cm³/mol. The van der Waals surface area contributed by atoms with Gasteiger partial charge in [-0.3, -0.25) is 4.99 Å². The molecule has 0 radical (unpaired) electrons. The third-order valence-electron chi connectivity index (χ3n) is 4.16. The van der Waals surface area contributed by atoms with Crippen LogP contribution < -0.4 is 19.0 Å². The first-order valence-electron chi connectivity index (χ1n) is 8.52. The number of aromatic nitrogens is 1. The lowest BCUT2D eigenvalue weighted by Gasteiger charge is -2.14. The molecule has 1 aromatic heterocycles. The van der Waals surface area contributed by atoms with Crippen LogP contribution in [0.15, 0.2) is 45.8 Å². The Balaban J connectivity index is 2.13. The Labute approximate surface area is 171 Å². The molecule has 8 nitrogen and oxygen atoms in total. The molecule has 3 aromatic rings. The van der Waals surface area contributed by atoms with Gasteiger partial charge in [-0.25, -0.2) is 4.68 Å². The van der Waals surface area contributed by atoms with Gasteiger partial charge in [-0.15, -0.1) is 11.3 Å². The molecule has 0 fully saturated rings. The number of benzene rings is 2. The largest absolute Gasteiger partial charge is 0.508 e. The van der Waals surface area contributed by atoms with Crippen LogP contribution in [-0.2, 0) is 0 Å². The van der Waals surface area contributed by atoms with E-state index in [1.807, 2.05) is 17.5 Å². The van der Waals surface area contributed by atoms with E-state index in [9.17, 15) is 10.2 Å². The molecule has 152 valence electrons. The van der Waals surface area contributed by atoms with Crippen LogP contribution in [0.3, 0.4) is 0 Å². The smallest absolute Gasteiger partial charge is 0.205 e. The number of nitrogens with zero attached hydrogens (tertiary/aromatic N) is 3. The zero-order valence-electron chi connectivity index (χ0n) is 16.4. The van der Waals surface area contributed by atoms with E-state index in [0.717, 1.165) is 11.3 Å². The third kappa shape index (κ3) is 4.04. The summed E-state index contributed by atoms with van der Waals surface area (Å²) < 4.78 is 17.9. The lowest BCUT2D eigenvalue weighted by molar-refractivity contribution is 0.324. The summed E-state index contributed by atoms with van der Waals surface area (Å²) in [5.41, 5.74) is 2.00. The lowest BCUT2D eigenvalue weighted by Crippen LogP contribution is -2.11. The minimum atomic E-state index is -0.0751. The maximum atomic E-state index is 10.00. The molecule has 0 amide bonds. The summed E-state index contributed by atoms with van der Waals surface area (Å²) in [6.07, 6.45) is 1.50. The van der Waals surface area contributed by atoms with Gasteiger partial charge in [0.1, 0.15) is 11.5 Å². The summed E-state index contributed by atoms with van der Waals surface area (Å²) in [4.78, 5) is 4.92. The molecule has 0 aliphatic rings. The van der Waals surface area contributed by atoms with Gasteiger partial charge in [0, 0.05) is 29.6 Å². The fourth-order valence-corrected chi connectivity index (χ4v) is 3.55. The molecule has 9 heteroatoms. The summed E-state index contributed by atoms with van der Waals surface area (Å²) >= 11 is 1.42. The number of aromatic hydroxyl groups is 2. The van der Waals surface area contributed by atoms with E-state index in [0.29, 0.717) is 27.6 Å². The van der Waals surface area contributed by atoms with Gasteiger partial charge in [0.2, 0.25) is 10.6 Å². The van der Waals surface area contributed by atoms with Gasteiger partial charge in [0.25, 0.3) is 0 Å². The second-order valence-corrected chi connectivity index (χ2v) is 6.68. The Morgan fingerprint density at radius 3 is 2.24 bits per heavy atom. The highest BCUT2D eigenvalue weighted by molar-refractivity contribution is 7.07. The van der Waals surface area contributed by atoms with Crippen LogP contribution in [0, 0.1) is 0 Å². The minimum absolute atomic E-state index is 0.0230. The number of thiazole rings is 1. The van der Waals surface area contributed by atoms with Gasteiger partial charge in [0.05, 0.1) is 33.2 Å². The van der Waals surface area contributed by atoms with Crippen molar-refractivity contribution in [3.05, 3.63) is 46.1 Å². The first-order valence-corrected chi connectivity index (χ1v) is 9.40. The Morgan fingerprint density at radius 1 is 1.00 bits per heavy atom. The zero-order valence-corrected chi connectivity index (χ0v) is 17.2. The predicted octanol–water partition coefficient (Wildman–Crippen LogP) is 3.07. The number of methoxy groups -OCH3 is 3. The van der Waals surface area contributed by atoms with E-state index in [1.54, 1.807) is 39.1 Å². The molecule has 0 saturated carbocycles. The number of rotatable bonds is 6. The molecule has 29 heavy (non-hydrogen) atoms.